The Bertz CT molecular complexity index is 923. The molecule has 5 heteroatoms. The first-order valence-electron chi connectivity index (χ1n) is 6.91. The van der Waals surface area contributed by atoms with Crippen molar-refractivity contribution in [2.24, 2.45) is 0 Å². The highest BCUT2D eigenvalue weighted by Crippen LogP contribution is 2.31. The molecule has 0 atom stereocenters. The summed E-state index contributed by atoms with van der Waals surface area (Å²) in [6.45, 7) is 0. The van der Waals surface area contributed by atoms with Crippen molar-refractivity contribution in [3.8, 4) is 5.88 Å². The van der Waals surface area contributed by atoms with Gasteiger partial charge in [-0.1, -0.05) is 42.0 Å². The van der Waals surface area contributed by atoms with E-state index in [4.69, 9.17) is 11.6 Å². The summed E-state index contributed by atoms with van der Waals surface area (Å²) < 4.78 is 1.46. The fourth-order valence-electron chi connectivity index (χ4n) is 2.52. The number of halogens is 1. The van der Waals surface area contributed by atoms with Crippen LogP contribution in [0.5, 0.6) is 5.88 Å². The zero-order valence-electron chi connectivity index (χ0n) is 11.6. The largest absolute Gasteiger partial charge is 0.493 e. The fourth-order valence-corrected chi connectivity index (χ4v) is 2.64. The molecule has 2 aromatic heterocycles. The fraction of sp³-hybridized carbons (Fsp3) is 0.0588. The van der Waals surface area contributed by atoms with Gasteiger partial charge in [-0.2, -0.15) is 9.61 Å². The molecule has 0 amide bonds. The topological polar surface area (TPSA) is 50.4 Å². The Balaban J connectivity index is 1.86. The molecular weight excluding hydrogens is 298 g/mol. The van der Waals surface area contributed by atoms with Gasteiger partial charge in [0, 0.05) is 28.6 Å². The van der Waals surface area contributed by atoms with E-state index in [0.717, 1.165) is 22.4 Å². The first-order chi connectivity index (χ1) is 10.7. The minimum atomic E-state index is 0.126. The number of hydrogen-bond acceptors (Lipinski definition) is 3. The first-order valence-corrected chi connectivity index (χ1v) is 7.29. The van der Waals surface area contributed by atoms with E-state index >= 15 is 0 Å². The number of rotatable bonds is 3. The van der Waals surface area contributed by atoms with Crippen LogP contribution in [0.2, 0.25) is 5.02 Å². The second-order valence-electron chi connectivity index (χ2n) is 5.15. The molecule has 2 heterocycles. The SMILES string of the molecule is Oc1c(Cc2ccc(Cl)cc2)c(C2=CC=C2)nc2ccnn12. The van der Waals surface area contributed by atoms with E-state index in [1.807, 2.05) is 42.5 Å². The van der Waals surface area contributed by atoms with Gasteiger partial charge in [-0.05, 0) is 17.7 Å². The van der Waals surface area contributed by atoms with Gasteiger partial charge in [-0.3, -0.25) is 0 Å². The van der Waals surface area contributed by atoms with Gasteiger partial charge in [0.1, 0.15) is 0 Å². The summed E-state index contributed by atoms with van der Waals surface area (Å²) in [5.74, 6) is 0.126. The highest BCUT2D eigenvalue weighted by atomic mass is 35.5. The van der Waals surface area contributed by atoms with Crippen LogP contribution in [0, 0.1) is 0 Å². The smallest absolute Gasteiger partial charge is 0.219 e. The standard InChI is InChI=1S/C17H12ClN3O/c18-13-6-4-11(5-7-13)10-14-16(12-2-1-3-12)20-15-8-9-19-21(15)17(14)22/h1-9,22H,10H2. The summed E-state index contributed by atoms with van der Waals surface area (Å²) in [7, 11) is 0. The third-order valence-corrected chi connectivity index (χ3v) is 3.98. The van der Waals surface area contributed by atoms with Crippen molar-refractivity contribution in [1.82, 2.24) is 14.6 Å². The van der Waals surface area contributed by atoms with E-state index in [0.29, 0.717) is 17.1 Å². The van der Waals surface area contributed by atoms with Crippen LogP contribution in [-0.2, 0) is 6.42 Å². The van der Waals surface area contributed by atoms with Crippen LogP contribution in [0.15, 0.2) is 54.8 Å². The molecule has 1 N–H and O–H groups in total. The van der Waals surface area contributed by atoms with Crippen molar-refractivity contribution in [2.75, 3.05) is 0 Å². The van der Waals surface area contributed by atoms with Gasteiger partial charge in [0.05, 0.1) is 11.9 Å². The first kappa shape index (κ1) is 13.1. The van der Waals surface area contributed by atoms with E-state index in [9.17, 15) is 5.11 Å². The van der Waals surface area contributed by atoms with E-state index < -0.39 is 0 Å². The number of benzene rings is 1. The Hall–Kier alpha value is -2.59. The maximum Gasteiger partial charge on any atom is 0.219 e. The van der Waals surface area contributed by atoms with Crippen molar-refractivity contribution < 1.29 is 5.11 Å². The molecular formula is C17H12ClN3O. The molecule has 0 bridgehead atoms. The van der Waals surface area contributed by atoms with Gasteiger partial charge < -0.3 is 5.11 Å². The molecule has 0 saturated heterocycles. The van der Waals surface area contributed by atoms with Crippen LogP contribution < -0.4 is 0 Å². The van der Waals surface area contributed by atoms with E-state index in [1.54, 1.807) is 12.3 Å². The van der Waals surface area contributed by atoms with Crippen molar-refractivity contribution in [3.63, 3.8) is 0 Å². The Morgan fingerprint density at radius 3 is 2.59 bits per heavy atom. The quantitative estimate of drug-likeness (QED) is 0.803. The second-order valence-corrected chi connectivity index (χ2v) is 5.58. The van der Waals surface area contributed by atoms with Gasteiger partial charge in [0.25, 0.3) is 0 Å². The van der Waals surface area contributed by atoms with Gasteiger partial charge in [-0.15, -0.1) is 0 Å². The van der Waals surface area contributed by atoms with Crippen molar-refractivity contribution in [1.29, 1.82) is 0 Å². The number of aromatic hydroxyl groups is 1. The van der Waals surface area contributed by atoms with E-state index in [2.05, 4.69) is 10.1 Å². The van der Waals surface area contributed by atoms with Crippen LogP contribution >= 0.6 is 11.6 Å². The van der Waals surface area contributed by atoms with Crippen molar-refractivity contribution in [2.45, 2.75) is 6.42 Å². The zero-order valence-corrected chi connectivity index (χ0v) is 12.3. The summed E-state index contributed by atoms with van der Waals surface area (Å²) in [6, 6.07) is 9.36. The molecule has 3 aromatic rings. The number of aromatic nitrogens is 3. The number of fused-ring (bicyclic) bond motifs is 1. The Labute approximate surface area is 132 Å². The molecule has 1 aliphatic rings. The summed E-state index contributed by atoms with van der Waals surface area (Å²) in [5.41, 5.74) is 4.26. The summed E-state index contributed by atoms with van der Waals surface area (Å²) >= 11 is 5.93. The average molecular weight is 310 g/mol. The molecule has 1 aliphatic carbocycles. The lowest BCUT2D eigenvalue weighted by atomic mass is 9.96. The van der Waals surface area contributed by atoms with E-state index in [1.165, 1.54) is 4.52 Å². The molecule has 0 radical (unpaired) electrons. The zero-order chi connectivity index (χ0) is 15.1. The predicted molar refractivity (Wildman–Crippen MR) is 86.0 cm³/mol. The van der Waals surface area contributed by atoms with Gasteiger partial charge in [-0.25, -0.2) is 4.98 Å². The Morgan fingerprint density at radius 1 is 1.14 bits per heavy atom. The summed E-state index contributed by atoms with van der Waals surface area (Å²) in [6.07, 6.45) is 8.12. The van der Waals surface area contributed by atoms with Crippen LogP contribution in [0.1, 0.15) is 16.8 Å². The van der Waals surface area contributed by atoms with Gasteiger partial charge in [0.2, 0.25) is 5.88 Å². The lowest BCUT2D eigenvalue weighted by Gasteiger charge is -2.15. The molecule has 0 fully saturated rings. The molecule has 0 aliphatic heterocycles. The predicted octanol–water partition coefficient (Wildman–Crippen LogP) is 3.63. The number of nitrogens with zero attached hydrogens (tertiary/aromatic N) is 3. The molecule has 108 valence electrons. The lowest BCUT2D eigenvalue weighted by Crippen LogP contribution is -2.05. The van der Waals surface area contributed by atoms with Crippen molar-refractivity contribution in [3.05, 3.63) is 76.6 Å². The van der Waals surface area contributed by atoms with Crippen LogP contribution in [0.4, 0.5) is 0 Å². The summed E-state index contributed by atoms with van der Waals surface area (Å²) in [4.78, 5) is 4.63. The van der Waals surface area contributed by atoms with Crippen LogP contribution in [0.3, 0.4) is 0 Å². The molecule has 0 saturated carbocycles. The lowest BCUT2D eigenvalue weighted by molar-refractivity contribution is 0.428. The molecule has 0 spiro atoms. The Morgan fingerprint density at radius 2 is 1.91 bits per heavy atom. The third kappa shape index (κ3) is 2.09. The van der Waals surface area contributed by atoms with Crippen LogP contribution in [0.25, 0.3) is 11.2 Å². The second kappa shape index (κ2) is 5.00. The minimum absolute atomic E-state index is 0.126. The summed E-state index contributed by atoms with van der Waals surface area (Å²) in [5, 5.41) is 15.4. The maximum atomic E-state index is 10.6. The normalized spacial score (nSPS) is 13.2. The van der Waals surface area contributed by atoms with Crippen molar-refractivity contribution >= 4 is 22.8 Å². The molecule has 1 aromatic carbocycles. The van der Waals surface area contributed by atoms with Gasteiger partial charge in [0.15, 0.2) is 5.65 Å². The molecule has 4 nitrogen and oxygen atoms in total. The average Bonchev–Trinajstić information content (AvgIpc) is 2.92. The molecule has 22 heavy (non-hydrogen) atoms. The van der Waals surface area contributed by atoms with E-state index in [-0.39, 0.29) is 5.88 Å². The highest BCUT2D eigenvalue weighted by Gasteiger charge is 2.19. The number of hydrogen-bond donors (Lipinski definition) is 1. The van der Waals surface area contributed by atoms with Crippen LogP contribution in [-0.4, -0.2) is 19.7 Å². The number of allylic oxidation sites excluding steroid dienone is 4. The third-order valence-electron chi connectivity index (χ3n) is 3.72. The Kier molecular flexibility index (Phi) is 2.98. The minimum Gasteiger partial charge on any atom is -0.493 e. The molecule has 0 unspecified atom stereocenters. The highest BCUT2D eigenvalue weighted by molar-refractivity contribution is 6.30. The maximum absolute atomic E-state index is 10.6. The van der Waals surface area contributed by atoms with Gasteiger partial charge >= 0.3 is 0 Å². The monoisotopic (exact) mass is 309 g/mol. The molecule has 4 rings (SSSR count).